The van der Waals surface area contributed by atoms with E-state index in [1.807, 2.05) is 7.11 Å². The van der Waals surface area contributed by atoms with E-state index in [4.69, 9.17) is 4.74 Å². The summed E-state index contributed by atoms with van der Waals surface area (Å²) in [7, 11) is 1.81. The second-order valence-electron chi connectivity index (χ2n) is 4.91. The molecule has 0 aromatic heterocycles. The molecule has 1 saturated heterocycles. The Bertz CT molecular complexity index is 325. The van der Waals surface area contributed by atoms with E-state index in [1.54, 1.807) is 0 Å². The summed E-state index contributed by atoms with van der Waals surface area (Å²) in [5.74, 6) is 0.838. The minimum absolute atomic E-state index is 0.130. The van der Waals surface area contributed by atoms with Gasteiger partial charge in [0.1, 0.15) is 6.23 Å². The van der Waals surface area contributed by atoms with Gasteiger partial charge in [-0.15, -0.1) is 0 Å². The van der Waals surface area contributed by atoms with Crippen LogP contribution in [0, 0.1) is 5.92 Å². The summed E-state index contributed by atoms with van der Waals surface area (Å²) < 4.78 is 5.69. The van der Waals surface area contributed by atoms with Crippen LogP contribution in [0.2, 0.25) is 0 Å². The summed E-state index contributed by atoms with van der Waals surface area (Å²) in [6, 6.07) is 10.5. The molecule has 2 rings (SSSR count). The van der Waals surface area contributed by atoms with E-state index in [1.165, 1.54) is 31.4 Å². The zero-order valence-corrected chi connectivity index (χ0v) is 10.9. The first-order chi connectivity index (χ1) is 8.35. The fourth-order valence-corrected chi connectivity index (χ4v) is 2.76. The third kappa shape index (κ3) is 3.08. The number of methoxy groups -OCH3 is 1. The van der Waals surface area contributed by atoms with Gasteiger partial charge in [0.2, 0.25) is 0 Å². The van der Waals surface area contributed by atoms with Crippen molar-refractivity contribution in [2.75, 3.05) is 20.2 Å². The van der Waals surface area contributed by atoms with Gasteiger partial charge in [-0.25, -0.2) is 0 Å². The van der Waals surface area contributed by atoms with Crippen LogP contribution < -0.4 is 0 Å². The first-order valence-electron chi connectivity index (χ1n) is 6.67. The molecule has 1 aromatic carbocycles. The predicted molar refractivity (Wildman–Crippen MR) is 70.8 cm³/mol. The maximum absolute atomic E-state index is 5.69. The highest BCUT2D eigenvalue weighted by atomic mass is 16.5. The van der Waals surface area contributed by atoms with E-state index >= 15 is 0 Å². The van der Waals surface area contributed by atoms with E-state index in [-0.39, 0.29) is 6.23 Å². The van der Waals surface area contributed by atoms with Crippen molar-refractivity contribution < 1.29 is 4.74 Å². The summed E-state index contributed by atoms with van der Waals surface area (Å²) in [5.41, 5.74) is 1.27. The quantitative estimate of drug-likeness (QED) is 0.789. The molecule has 0 aliphatic carbocycles. The third-order valence-corrected chi connectivity index (χ3v) is 3.77. The fraction of sp³-hybridized carbons (Fsp3) is 0.600. The predicted octanol–water partition coefficient (Wildman–Crippen LogP) is 3.45. The number of rotatable bonds is 4. The van der Waals surface area contributed by atoms with Crippen molar-refractivity contribution in [2.45, 2.75) is 32.4 Å². The Balaban J connectivity index is 2.08. The summed E-state index contributed by atoms with van der Waals surface area (Å²) in [6.07, 6.45) is 4.08. The van der Waals surface area contributed by atoms with E-state index in [0.29, 0.717) is 0 Å². The van der Waals surface area contributed by atoms with Crippen LogP contribution in [0.5, 0.6) is 0 Å². The van der Waals surface area contributed by atoms with Crippen molar-refractivity contribution in [3.8, 4) is 0 Å². The second-order valence-corrected chi connectivity index (χ2v) is 4.91. The molecule has 1 aliphatic heterocycles. The monoisotopic (exact) mass is 233 g/mol. The number of ether oxygens (including phenoxy) is 1. The zero-order valence-electron chi connectivity index (χ0n) is 10.9. The molecule has 94 valence electrons. The standard InChI is InChI=1S/C15H23NO/c1-3-13-8-7-11-16(12-13)15(17-2)14-9-5-4-6-10-14/h4-6,9-10,13,15H,3,7-8,11-12H2,1-2H3. The van der Waals surface area contributed by atoms with E-state index in [9.17, 15) is 0 Å². The molecule has 2 unspecified atom stereocenters. The number of benzene rings is 1. The van der Waals surface area contributed by atoms with Crippen LogP contribution in [0.1, 0.15) is 38.0 Å². The van der Waals surface area contributed by atoms with Crippen LogP contribution in [-0.4, -0.2) is 25.1 Å². The normalized spacial score (nSPS) is 23.5. The van der Waals surface area contributed by atoms with Crippen LogP contribution in [-0.2, 0) is 4.74 Å². The lowest BCUT2D eigenvalue weighted by Gasteiger charge is -2.37. The molecule has 2 atom stereocenters. The molecule has 0 N–H and O–H groups in total. The molecule has 2 heteroatoms. The molecule has 0 amide bonds. The van der Waals surface area contributed by atoms with Gasteiger partial charge in [0.25, 0.3) is 0 Å². The number of nitrogens with zero attached hydrogens (tertiary/aromatic N) is 1. The van der Waals surface area contributed by atoms with Gasteiger partial charge in [0, 0.05) is 20.2 Å². The average molecular weight is 233 g/mol. The third-order valence-electron chi connectivity index (χ3n) is 3.77. The molecular weight excluding hydrogens is 210 g/mol. The lowest BCUT2D eigenvalue weighted by Crippen LogP contribution is -2.38. The first-order valence-corrected chi connectivity index (χ1v) is 6.67. The highest BCUT2D eigenvalue weighted by molar-refractivity contribution is 5.17. The van der Waals surface area contributed by atoms with Crippen LogP contribution >= 0.6 is 0 Å². The SMILES string of the molecule is CCC1CCCN(C(OC)c2ccccc2)C1. The van der Waals surface area contributed by atoms with E-state index in [0.717, 1.165) is 12.5 Å². The summed E-state index contributed by atoms with van der Waals surface area (Å²) in [5, 5.41) is 0. The van der Waals surface area contributed by atoms with Crippen molar-refractivity contribution in [3.63, 3.8) is 0 Å². The molecule has 1 aromatic rings. The minimum atomic E-state index is 0.130. The van der Waals surface area contributed by atoms with Gasteiger partial charge in [-0.1, -0.05) is 43.7 Å². The van der Waals surface area contributed by atoms with Gasteiger partial charge in [-0.2, -0.15) is 0 Å². The Morgan fingerprint density at radius 1 is 1.35 bits per heavy atom. The maximum atomic E-state index is 5.69. The van der Waals surface area contributed by atoms with E-state index in [2.05, 4.69) is 42.2 Å². The Morgan fingerprint density at radius 3 is 2.76 bits per heavy atom. The molecule has 17 heavy (non-hydrogen) atoms. The van der Waals surface area contributed by atoms with E-state index < -0.39 is 0 Å². The van der Waals surface area contributed by atoms with Crippen molar-refractivity contribution in [3.05, 3.63) is 35.9 Å². The smallest absolute Gasteiger partial charge is 0.136 e. The largest absolute Gasteiger partial charge is 0.362 e. The molecule has 1 fully saturated rings. The molecule has 0 saturated carbocycles. The highest BCUT2D eigenvalue weighted by Crippen LogP contribution is 2.28. The molecule has 1 heterocycles. The lowest BCUT2D eigenvalue weighted by atomic mass is 9.95. The van der Waals surface area contributed by atoms with Crippen LogP contribution in [0.25, 0.3) is 0 Å². The Kier molecular flexibility index (Phi) is 4.57. The second kappa shape index (κ2) is 6.18. The Hall–Kier alpha value is -0.860. The van der Waals surface area contributed by atoms with Crippen LogP contribution in [0.3, 0.4) is 0 Å². The van der Waals surface area contributed by atoms with Gasteiger partial charge in [-0.05, 0) is 24.3 Å². The Labute approximate surface area is 105 Å². The molecule has 2 nitrogen and oxygen atoms in total. The minimum Gasteiger partial charge on any atom is -0.362 e. The van der Waals surface area contributed by atoms with Crippen LogP contribution in [0.4, 0.5) is 0 Å². The summed E-state index contributed by atoms with van der Waals surface area (Å²) >= 11 is 0. The molecular formula is C15H23NO. The lowest BCUT2D eigenvalue weighted by molar-refractivity contribution is -0.0548. The van der Waals surface area contributed by atoms with Gasteiger partial charge < -0.3 is 4.74 Å². The zero-order chi connectivity index (χ0) is 12.1. The highest BCUT2D eigenvalue weighted by Gasteiger charge is 2.25. The van der Waals surface area contributed by atoms with Crippen LogP contribution in [0.15, 0.2) is 30.3 Å². The van der Waals surface area contributed by atoms with Crippen molar-refractivity contribution in [2.24, 2.45) is 5.92 Å². The molecule has 0 bridgehead atoms. The molecule has 0 radical (unpaired) electrons. The Morgan fingerprint density at radius 2 is 2.12 bits per heavy atom. The number of hydrogen-bond donors (Lipinski definition) is 0. The molecule has 1 aliphatic rings. The van der Waals surface area contributed by atoms with Gasteiger partial charge >= 0.3 is 0 Å². The number of hydrogen-bond acceptors (Lipinski definition) is 2. The topological polar surface area (TPSA) is 12.5 Å². The van der Waals surface area contributed by atoms with Gasteiger partial charge in [0.15, 0.2) is 0 Å². The summed E-state index contributed by atoms with van der Waals surface area (Å²) in [6.45, 7) is 4.62. The maximum Gasteiger partial charge on any atom is 0.136 e. The summed E-state index contributed by atoms with van der Waals surface area (Å²) in [4.78, 5) is 2.48. The molecule has 0 spiro atoms. The number of piperidine rings is 1. The number of likely N-dealkylation sites (tertiary alicyclic amines) is 1. The average Bonchev–Trinajstić information content (AvgIpc) is 2.41. The van der Waals surface area contributed by atoms with Crippen molar-refractivity contribution >= 4 is 0 Å². The van der Waals surface area contributed by atoms with Crippen molar-refractivity contribution in [1.82, 2.24) is 4.90 Å². The fourth-order valence-electron chi connectivity index (χ4n) is 2.76. The van der Waals surface area contributed by atoms with Gasteiger partial charge in [0.05, 0.1) is 0 Å². The van der Waals surface area contributed by atoms with Crippen molar-refractivity contribution in [1.29, 1.82) is 0 Å². The first kappa shape index (κ1) is 12.6. The van der Waals surface area contributed by atoms with Gasteiger partial charge in [-0.3, -0.25) is 4.90 Å².